The Labute approximate surface area is 188 Å². The maximum atomic E-state index is 13.2. The summed E-state index contributed by atoms with van der Waals surface area (Å²) in [6, 6.07) is 11.4. The Hall–Kier alpha value is -2.06. The third kappa shape index (κ3) is 6.01. The Morgan fingerprint density at radius 1 is 1.16 bits per heavy atom. The molecule has 0 spiro atoms. The molecule has 2 aliphatic rings. The lowest BCUT2D eigenvalue weighted by Gasteiger charge is -2.43. The van der Waals surface area contributed by atoms with Gasteiger partial charge in [-0.25, -0.2) is 0 Å². The number of rotatable bonds is 7. The minimum absolute atomic E-state index is 0.134. The molecule has 1 unspecified atom stereocenters. The third-order valence-corrected chi connectivity index (χ3v) is 6.28. The van der Waals surface area contributed by atoms with Crippen molar-refractivity contribution in [3.8, 4) is 5.75 Å². The molecule has 8 heteroatoms. The highest BCUT2D eigenvalue weighted by Crippen LogP contribution is 2.27. The Balaban J connectivity index is 1.46. The zero-order valence-corrected chi connectivity index (χ0v) is 18.8. The molecule has 1 aromatic heterocycles. The summed E-state index contributed by atoms with van der Waals surface area (Å²) < 4.78 is 12.4. The van der Waals surface area contributed by atoms with Gasteiger partial charge < -0.3 is 24.3 Å². The summed E-state index contributed by atoms with van der Waals surface area (Å²) in [7, 11) is 2.09. The van der Waals surface area contributed by atoms with Gasteiger partial charge in [-0.1, -0.05) is 11.6 Å². The molecule has 2 aromatic rings. The third-order valence-electron chi connectivity index (χ3n) is 6.03. The lowest BCUT2D eigenvalue weighted by Crippen LogP contribution is -2.58. The predicted molar refractivity (Wildman–Crippen MR) is 120 cm³/mol. The fourth-order valence-electron chi connectivity index (χ4n) is 4.20. The van der Waals surface area contributed by atoms with Gasteiger partial charge in [0.2, 0.25) is 5.91 Å². The fraction of sp³-hybridized carbons (Fsp3) is 0.522. The molecule has 0 saturated carbocycles. The first-order chi connectivity index (χ1) is 15.0. The summed E-state index contributed by atoms with van der Waals surface area (Å²) in [4.78, 5) is 23.0. The lowest BCUT2D eigenvalue weighted by atomic mass is 9.96. The molecular formula is C23H31ClN4O3. The van der Waals surface area contributed by atoms with Crippen LogP contribution in [0.5, 0.6) is 5.75 Å². The van der Waals surface area contributed by atoms with Gasteiger partial charge in [0.25, 0.3) is 0 Å². The fourth-order valence-corrected chi connectivity index (χ4v) is 4.33. The van der Waals surface area contributed by atoms with Gasteiger partial charge in [-0.2, -0.15) is 0 Å². The molecule has 1 atom stereocenters. The second-order valence-electron chi connectivity index (χ2n) is 8.54. The van der Waals surface area contributed by atoms with Crippen molar-refractivity contribution < 1.29 is 14.3 Å². The van der Waals surface area contributed by atoms with E-state index in [9.17, 15) is 4.79 Å². The van der Waals surface area contributed by atoms with E-state index in [2.05, 4.69) is 27.9 Å². The van der Waals surface area contributed by atoms with Crippen molar-refractivity contribution in [2.45, 2.75) is 18.6 Å². The zero-order valence-electron chi connectivity index (χ0n) is 18.1. The van der Waals surface area contributed by atoms with Crippen molar-refractivity contribution >= 4 is 17.5 Å². The van der Waals surface area contributed by atoms with Crippen LogP contribution in [-0.2, 0) is 16.1 Å². The normalized spacial score (nSPS) is 23.1. The van der Waals surface area contributed by atoms with Gasteiger partial charge in [-0.05, 0) is 43.4 Å². The van der Waals surface area contributed by atoms with Crippen LogP contribution in [0.4, 0.5) is 0 Å². The van der Waals surface area contributed by atoms with Gasteiger partial charge in [-0.3, -0.25) is 9.69 Å². The summed E-state index contributed by atoms with van der Waals surface area (Å²) in [6.07, 6.45) is 2.25. The molecule has 2 aliphatic heterocycles. The molecule has 2 saturated heterocycles. The second kappa shape index (κ2) is 10.0. The Bertz CT molecular complexity index is 837. The topological polar surface area (TPSA) is 61.0 Å². The molecule has 1 N–H and O–H groups in total. The molecule has 0 bridgehead atoms. The van der Waals surface area contributed by atoms with E-state index < -0.39 is 5.60 Å². The van der Waals surface area contributed by atoms with E-state index in [4.69, 9.17) is 21.1 Å². The number of benzene rings is 1. The van der Waals surface area contributed by atoms with Gasteiger partial charge in [-0.15, -0.1) is 0 Å². The van der Waals surface area contributed by atoms with E-state index in [0.29, 0.717) is 31.2 Å². The molecule has 1 aromatic carbocycles. The van der Waals surface area contributed by atoms with Crippen LogP contribution in [-0.4, -0.2) is 90.7 Å². The molecular weight excluding hydrogens is 416 g/mol. The molecule has 31 heavy (non-hydrogen) atoms. The van der Waals surface area contributed by atoms with Crippen molar-refractivity contribution in [3.63, 3.8) is 0 Å². The molecule has 3 heterocycles. The molecule has 2 fully saturated rings. The molecule has 168 valence electrons. The Morgan fingerprint density at radius 2 is 1.94 bits per heavy atom. The number of halogens is 1. The molecule has 7 nitrogen and oxygen atoms in total. The molecule has 0 aliphatic carbocycles. The maximum absolute atomic E-state index is 13.2. The number of hydrogen-bond donors (Lipinski definition) is 1. The largest absolute Gasteiger partial charge is 0.491 e. The number of carbonyl (C=O) groups is 1. The van der Waals surface area contributed by atoms with Crippen LogP contribution in [0, 0.1) is 0 Å². The number of hydrogen-bond acceptors (Lipinski definition) is 5. The molecule has 0 radical (unpaired) electrons. The number of nitrogens with one attached hydrogen (secondary N) is 1. The number of carbonyl (C=O) groups excluding carboxylic acids is 1. The number of amides is 1. The van der Waals surface area contributed by atoms with E-state index in [-0.39, 0.29) is 5.91 Å². The average molecular weight is 447 g/mol. The minimum Gasteiger partial charge on any atom is -0.491 e. The van der Waals surface area contributed by atoms with Gasteiger partial charge in [0.15, 0.2) is 0 Å². The first-order valence-corrected chi connectivity index (χ1v) is 11.2. The standard InChI is InChI=1S/C23H31ClN4O3/c1-26-9-11-28(12-10-26)22(29)15-23(18-30-21-6-4-19(24)5-7-21)17-27(13-14-31-23)16-20-3-2-8-25-20/h2-8,25H,9-18H2,1H3. The summed E-state index contributed by atoms with van der Waals surface area (Å²) >= 11 is 6.00. The van der Waals surface area contributed by atoms with Gasteiger partial charge >= 0.3 is 0 Å². The van der Waals surface area contributed by atoms with E-state index in [0.717, 1.165) is 50.7 Å². The summed E-state index contributed by atoms with van der Waals surface area (Å²) in [5.41, 5.74) is 0.463. The number of morpholine rings is 1. The Morgan fingerprint density at radius 3 is 2.65 bits per heavy atom. The van der Waals surface area contributed by atoms with E-state index in [1.165, 1.54) is 0 Å². The van der Waals surface area contributed by atoms with E-state index >= 15 is 0 Å². The van der Waals surface area contributed by atoms with Crippen molar-refractivity contribution in [2.75, 3.05) is 59.5 Å². The monoisotopic (exact) mass is 446 g/mol. The highest BCUT2D eigenvalue weighted by molar-refractivity contribution is 6.30. The van der Waals surface area contributed by atoms with Gasteiger partial charge in [0, 0.05) is 62.7 Å². The molecule has 1 amide bonds. The number of nitrogens with zero attached hydrogens (tertiary/aromatic N) is 3. The number of aromatic amines is 1. The van der Waals surface area contributed by atoms with Crippen LogP contribution in [0.3, 0.4) is 0 Å². The SMILES string of the molecule is CN1CCN(C(=O)CC2(COc3ccc(Cl)cc3)CN(Cc3ccc[nH]3)CCO2)CC1. The summed E-state index contributed by atoms with van der Waals surface area (Å²) in [5, 5.41) is 0.665. The number of H-pyrrole nitrogens is 1. The van der Waals surface area contributed by atoms with Crippen LogP contribution in [0.1, 0.15) is 12.1 Å². The number of piperazine rings is 1. The number of aromatic nitrogens is 1. The van der Waals surface area contributed by atoms with E-state index in [1.54, 1.807) is 12.1 Å². The Kier molecular flexibility index (Phi) is 7.17. The predicted octanol–water partition coefficient (Wildman–Crippen LogP) is 2.48. The maximum Gasteiger partial charge on any atom is 0.225 e. The summed E-state index contributed by atoms with van der Waals surface area (Å²) in [5.74, 6) is 0.857. The van der Waals surface area contributed by atoms with Crippen molar-refractivity contribution in [1.82, 2.24) is 19.7 Å². The highest BCUT2D eigenvalue weighted by atomic mass is 35.5. The number of likely N-dealkylation sites (N-methyl/N-ethyl adjacent to an activating group) is 1. The lowest BCUT2D eigenvalue weighted by molar-refractivity contribution is -0.158. The average Bonchev–Trinajstić information content (AvgIpc) is 3.27. The second-order valence-corrected chi connectivity index (χ2v) is 8.98. The first kappa shape index (κ1) is 22.1. The van der Waals surface area contributed by atoms with Gasteiger partial charge in [0.05, 0.1) is 13.0 Å². The van der Waals surface area contributed by atoms with Crippen LogP contribution < -0.4 is 4.74 Å². The quantitative estimate of drug-likeness (QED) is 0.708. The summed E-state index contributed by atoms with van der Waals surface area (Å²) in [6.45, 7) is 6.46. The van der Waals surface area contributed by atoms with Crippen molar-refractivity contribution in [1.29, 1.82) is 0 Å². The van der Waals surface area contributed by atoms with Crippen molar-refractivity contribution in [3.05, 3.63) is 53.3 Å². The van der Waals surface area contributed by atoms with Gasteiger partial charge in [0.1, 0.15) is 18.0 Å². The van der Waals surface area contributed by atoms with Crippen LogP contribution in [0.25, 0.3) is 0 Å². The van der Waals surface area contributed by atoms with Crippen LogP contribution in [0.2, 0.25) is 5.02 Å². The highest BCUT2D eigenvalue weighted by Gasteiger charge is 2.41. The van der Waals surface area contributed by atoms with Crippen molar-refractivity contribution in [2.24, 2.45) is 0 Å². The van der Waals surface area contributed by atoms with Crippen LogP contribution in [0.15, 0.2) is 42.6 Å². The molecule has 4 rings (SSSR count). The first-order valence-electron chi connectivity index (χ1n) is 10.8. The zero-order chi connectivity index (χ0) is 21.7. The smallest absolute Gasteiger partial charge is 0.225 e. The van der Waals surface area contributed by atoms with E-state index in [1.807, 2.05) is 29.3 Å². The van der Waals surface area contributed by atoms with Crippen LogP contribution >= 0.6 is 11.6 Å². The minimum atomic E-state index is -0.690. The number of ether oxygens (including phenoxy) is 2.